The van der Waals surface area contributed by atoms with E-state index in [9.17, 15) is 9.90 Å². The topological polar surface area (TPSA) is 110 Å². The number of halogens is 1. The lowest BCUT2D eigenvalue weighted by Crippen LogP contribution is -2.41. The molecule has 1 amide bonds. The molecule has 178 valence electrons. The van der Waals surface area contributed by atoms with Crippen LogP contribution in [0, 0.1) is 5.82 Å². The Morgan fingerprint density at radius 1 is 1.15 bits per heavy atom. The Morgan fingerprint density at radius 2 is 1.91 bits per heavy atom. The summed E-state index contributed by atoms with van der Waals surface area (Å²) < 4.78 is 15.3. The third-order valence-corrected chi connectivity index (χ3v) is 6.28. The van der Waals surface area contributed by atoms with Gasteiger partial charge in [-0.05, 0) is 61.1 Å². The zero-order chi connectivity index (χ0) is 23.7. The zero-order valence-electron chi connectivity index (χ0n) is 18.8. The molecule has 3 aliphatic rings. The number of aliphatic hydroxyl groups excluding tert-OH is 1. The maximum Gasteiger partial charge on any atom is 0.220 e. The number of carbonyl (C=O) groups is 1. The largest absolute Gasteiger partial charge is 0.372 e. The number of aliphatic imine (C=N–C) groups is 1. The van der Waals surface area contributed by atoms with Gasteiger partial charge in [0.1, 0.15) is 12.0 Å². The first-order valence-electron chi connectivity index (χ1n) is 11.7. The number of nitrogens with one attached hydrogen (secondary N) is 5. The van der Waals surface area contributed by atoms with Crippen LogP contribution < -0.4 is 26.6 Å². The molecule has 0 radical (unpaired) electrons. The summed E-state index contributed by atoms with van der Waals surface area (Å²) in [5.74, 6) is 0.538. The molecule has 9 heteroatoms. The molecule has 2 aromatic rings. The summed E-state index contributed by atoms with van der Waals surface area (Å²) in [6, 6.07) is 10.4. The summed E-state index contributed by atoms with van der Waals surface area (Å²) in [7, 11) is 0. The van der Waals surface area contributed by atoms with Crippen molar-refractivity contribution in [2.24, 2.45) is 4.99 Å². The SMILES string of the molecule is C=C(N=C1NCCN1)c1cc(F)c(Nc2cccc(N[C@H](O)C3CCC(=O)N3)c2)c(C2CC2)c1. The van der Waals surface area contributed by atoms with Gasteiger partial charge in [0, 0.05) is 36.4 Å². The quantitative estimate of drug-likeness (QED) is 0.335. The van der Waals surface area contributed by atoms with Crippen LogP contribution in [-0.4, -0.2) is 42.3 Å². The highest BCUT2D eigenvalue weighted by atomic mass is 19.1. The Labute approximate surface area is 197 Å². The lowest BCUT2D eigenvalue weighted by atomic mass is 10.0. The fourth-order valence-corrected chi connectivity index (χ4v) is 4.32. The number of guanidine groups is 1. The predicted molar refractivity (Wildman–Crippen MR) is 131 cm³/mol. The summed E-state index contributed by atoms with van der Waals surface area (Å²) in [6.07, 6.45) is 2.12. The smallest absolute Gasteiger partial charge is 0.220 e. The second kappa shape index (κ2) is 9.34. The molecule has 6 N–H and O–H groups in total. The minimum absolute atomic E-state index is 0.0577. The summed E-state index contributed by atoms with van der Waals surface area (Å²) in [4.78, 5) is 15.9. The van der Waals surface area contributed by atoms with Crippen LogP contribution in [0.1, 0.15) is 42.7 Å². The average molecular weight is 465 g/mol. The maximum atomic E-state index is 15.3. The van der Waals surface area contributed by atoms with Crippen molar-refractivity contribution < 1.29 is 14.3 Å². The Bertz CT molecular complexity index is 1140. The number of benzene rings is 2. The van der Waals surface area contributed by atoms with Crippen molar-refractivity contribution in [2.75, 3.05) is 23.7 Å². The average Bonchev–Trinajstić information content (AvgIpc) is 3.35. The van der Waals surface area contributed by atoms with E-state index in [0.29, 0.717) is 53.0 Å². The van der Waals surface area contributed by atoms with Gasteiger partial charge in [-0.2, -0.15) is 0 Å². The van der Waals surface area contributed by atoms with E-state index >= 15 is 4.39 Å². The molecule has 0 bridgehead atoms. The summed E-state index contributed by atoms with van der Waals surface area (Å²) in [6.45, 7) is 5.63. The minimum Gasteiger partial charge on any atom is -0.372 e. The lowest BCUT2D eigenvalue weighted by molar-refractivity contribution is -0.119. The van der Waals surface area contributed by atoms with E-state index in [4.69, 9.17) is 0 Å². The molecule has 2 heterocycles. The fourth-order valence-electron chi connectivity index (χ4n) is 4.32. The summed E-state index contributed by atoms with van der Waals surface area (Å²) >= 11 is 0. The van der Waals surface area contributed by atoms with Crippen LogP contribution in [0.15, 0.2) is 48.0 Å². The van der Waals surface area contributed by atoms with Gasteiger partial charge < -0.3 is 31.7 Å². The monoisotopic (exact) mass is 464 g/mol. The van der Waals surface area contributed by atoms with Gasteiger partial charge in [-0.15, -0.1) is 0 Å². The Hall–Kier alpha value is -3.59. The second-order valence-electron chi connectivity index (χ2n) is 8.96. The van der Waals surface area contributed by atoms with Crippen LogP contribution in [-0.2, 0) is 4.79 Å². The van der Waals surface area contributed by atoms with Crippen molar-refractivity contribution in [1.82, 2.24) is 16.0 Å². The van der Waals surface area contributed by atoms with Gasteiger partial charge in [0.2, 0.25) is 5.91 Å². The van der Waals surface area contributed by atoms with Crippen LogP contribution in [0.4, 0.5) is 21.5 Å². The van der Waals surface area contributed by atoms with Crippen LogP contribution in [0.2, 0.25) is 0 Å². The maximum absolute atomic E-state index is 15.3. The third kappa shape index (κ3) is 4.99. The van der Waals surface area contributed by atoms with E-state index in [2.05, 4.69) is 38.2 Å². The molecule has 2 aromatic carbocycles. The summed E-state index contributed by atoms with van der Waals surface area (Å²) in [5, 5.41) is 25.7. The second-order valence-corrected chi connectivity index (χ2v) is 8.96. The molecule has 8 nitrogen and oxygen atoms in total. The van der Waals surface area contributed by atoms with Crippen molar-refractivity contribution in [3.8, 4) is 0 Å². The molecule has 1 unspecified atom stereocenters. The highest BCUT2D eigenvalue weighted by Gasteiger charge is 2.29. The highest BCUT2D eigenvalue weighted by molar-refractivity contribution is 5.87. The van der Waals surface area contributed by atoms with Crippen molar-refractivity contribution in [2.45, 2.75) is 43.9 Å². The number of hydrogen-bond donors (Lipinski definition) is 6. The molecule has 1 saturated carbocycles. The Balaban J connectivity index is 1.35. The van der Waals surface area contributed by atoms with E-state index in [1.165, 1.54) is 6.07 Å². The van der Waals surface area contributed by atoms with Gasteiger partial charge in [0.15, 0.2) is 5.96 Å². The number of rotatable bonds is 8. The first-order chi connectivity index (χ1) is 16.5. The molecule has 0 spiro atoms. The van der Waals surface area contributed by atoms with E-state index in [1.807, 2.05) is 30.3 Å². The van der Waals surface area contributed by atoms with Crippen molar-refractivity contribution in [1.29, 1.82) is 0 Å². The number of carbonyl (C=O) groups excluding carboxylic acids is 1. The highest BCUT2D eigenvalue weighted by Crippen LogP contribution is 2.46. The molecular formula is C25H29FN6O2. The van der Waals surface area contributed by atoms with Gasteiger partial charge >= 0.3 is 0 Å². The third-order valence-electron chi connectivity index (χ3n) is 6.28. The number of nitrogens with zero attached hydrogens (tertiary/aromatic N) is 1. The molecule has 1 aliphatic carbocycles. The fraction of sp³-hybridized carbons (Fsp3) is 0.360. The molecule has 2 saturated heterocycles. The van der Waals surface area contributed by atoms with Gasteiger partial charge in [-0.25, -0.2) is 9.38 Å². The van der Waals surface area contributed by atoms with Gasteiger partial charge in [0.05, 0.1) is 17.4 Å². The zero-order valence-corrected chi connectivity index (χ0v) is 18.8. The molecule has 0 aromatic heterocycles. The van der Waals surface area contributed by atoms with E-state index in [-0.39, 0.29) is 17.8 Å². The standard InChI is InChI=1S/C25H29FN6O2/c1-14(29-25-27-9-10-28-25)16-11-19(15-5-6-15)23(20(26)12-16)30-17-3-2-4-18(13-17)31-24(34)21-7-8-22(33)32-21/h2-4,11-13,15,21,24,30-31,34H,1,5-10H2,(H,32,33)(H2,27,28,29)/t21?,24-/m1/s1. The van der Waals surface area contributed by atoms with Gasteiger partial charge in [-0.3, -0.25) is 4.79 Å². The van der Waals surface area contributed by atoms with Gasteiger partial charge in [-0.1, -0.05) is 12.6 Å². The Morgan fingerprint density at radius 3 is 2.62 bits per heavy atom. The van der Waals surface area contributed by atoms with E-state index < -0.39 is 6.23 Å². The molecule has 5 rings (SSSR count). The van der Waals surface area contributed by atoms with E-state index in [0.717, 1.165) is 31.5 Å². The normalized spacial score (nSPS) is 20.2. The first kappa shape index (κ1) is 22.2. The molecule has 2 atom stereocenters. The lowest BCUT2D eigenvalue weighted by Gasteiger charge is -2.21. The molecule has 2 aliphatic heterocycles. The molecular weight excluding hydrogens is 435 g/mol. The number of aliphatic hydroxyl groups is 1. The number of anilines is 3. The first-order valence-corrected chi connectivity index (χ1v) is 11.7. The molecule has 34 heavy (non-hydrogen) atoms. The van der Waals surface area contributed by atoms with Gasteiger partial charge in [0.25, 0.3) is 0 Å². The van der Waals surface area contributed by atoms with Crippen molar-refractivity contribution in [3.63, 3.8) is 0 Å². The Kier molecular flexibility index (Phi) is 6.10. The van der Waals surface area contributed by atoms with E-state index in [1.54, 1.807) is 0 Å². The van der Waals surface area contributed by atoms with Crippen molar-refractivity contribution >= 4 is 34.6 Å². The van der Waals surface area contributed by atoms with Crippen molar-refractivity contribution in [3.05, 3.63) is 59.9 Å². The van der Waals surface area contributed by atoms with Crippen LogP contribution in [0.3, 0.4) is 0 Å². The molecule has 3 fully saturated rings. The van der Waals surface area contributed by atoms with Crippen LogP contribution >= 0.6 is 0 Å². The minimum atomic E-state index is -0.906. The van der Waals surface area contributed by atoms with Crippen LogP contribution in [0.5, 0.6) is 0 Å². The number of hydrogen-bond acceptors (Lipinski definition) is 5. The van der Waals surface area contributed by atoms with Crippen LogP contribution in [0.25, 0.3) is 5.70 Å². The predicted octanol–water partition coefficient (Wildman–Crippen LogP) is 2.98. The summed E-state index contributed by atoms with van der Waals surface area (Å²) in [5.41, 5.74) is 3.89. The number of amides is 1.